The molecule has 0 spiro atoms. The molecule has 0 radical (unpaired) electrons. The second-order valence-corrected chi connectivity index (χ2v) is 4.63. The summed E-state index contributed by atoms with van der Waals surface area (Å²) in [6.45, 7) is 6.25. The number of anilines is 2. The summed E-state index contributed by atoms with van der Waals surface area (Å²) in [6.07, 6.45) is 0. The Morgan fingerprint density at radius 2 is 2.00 bits per heavy atom. The molecule has 0 aliphatic carbocycles. The Hall–Kier alpha value is -1.49. The quantitative estimate of drug-likeness (QED) is 0.797. The average Bonchev–Trinajstić information content (AvgIpc) is 2.27. The molecular formula is C12H20N4O. The molecule has 0 aromatic carbocycles. The summed E-state index contributed by atoms with van der Waals surface area (Å²) in [5.74, 6) is 2.00. The van der Waals surface area contributed by atoms with Crippen molar-refractivity contribution < 1.29 is 4.74 Å². The predicted molar refractivity (Wildman–Crippen MR) is 69.5 cm³/mol. The van der Waals surface area contributed by atoms with E-state index in [2.05, 4.69) is 29.0 Å². The maximum Gasteiger partial charge on any atom is 0.168 e. The topological polar surface area (TPSA) is 63.4 Å². The van der Waals surface area contributed by atoms with Gasteiger partial charge in [-0.15, -0.1) is 0 Å². The Morgan fingerprint density at radius 1 is 1.35 bits per heavy atom. The first-order valence-electron chi connectivity index (χ1n) is 5.91. The fourth-order valence-corrected chi connectivity index (χ4v) is 2.31. The third kappa shape index (κ3) is 2.61. The van der Waals surface area contributed by atoms with Crippen molar-refractivity contribution in [3.8, 4) is 5.75 Å². The maximum atomic E-state index is 5.83. The third-order valence-corrected chi connectivity index (χ3v) is 2.97. The molecule has 1 aliphatic rings. The van der Waals surface area contributed by atoms with Gasteiger partial charge in [0.15, 0.2) is 11.6 Å². The van der Waals surface area contributed by atoms with Crippen LogP contribution in [0, 0.1) is 0 Å². The molecule has 2 heterocycles. The number of piperazine rings is 1. The number of nitrogens with one attached hydrogen (secondary N) is 1. The molecule has 2 atom stereocenters. The number of ether oxygens (including phenoxy) is 1. The van der Waals surface area contributed by atoms with E-state index in [4.69, 9.17) is 10.5 Å². The molecule has 2 rings (SSSR count). The number of nitrogens with two attached hydrogens (primary N) is 1. The van der Waals surface area contributed by atoms with Crippen molar-refractivity contribution in [2.45, 2.75) is 25.9 Å². The zero-order chi connectivity index (χ0) is 12.4. The van der Waals surface area contributed by atoms with Gasteiger partial charge in [-0.2, -0.15) is 0 Å². The van der Waals surface area contributed by atoms with Gasteiger partial charge in [0.25, 0.3) is 0 Å². The molecule has 1 fully saturated rings. The summed E-state index contributed by atoms with van der Waals surface area (Å²) >= 11 is 0. The molecule has 0 unspecified atom stereocenters. The zero-order valence-corrected chi connectivity index (χ0v) is 10.6. The Balaban J connectivity index is 2.19. The van der Waals surface area contributed by atoms with Crippen LogP contribution in [-0.2, 0) is 0 Å². The minimum absolute atomic E-state index is 0.448. The van der Waals surface area contributed by atoms with Crippen LogP contribution in [0.3, 0.4) is 0 Å². The number of aromatic nitrogens is 1. The van der Waals surface area contributed by atoms with Gasteiger partial charge < -0.3 is 20.7 Å². The molecule has 3 N–H and O–H groups in total. The van der Waals surface area contributed by atoms with Crippen molar-refractivity contribution in [2.75, 3.05) is 30.8 Å². The lowest BCUT2D eigenvalue weighted by Crippen LogP contribution is -2.54. The first-order valence-corrected chi connectivity index (χ1v) is 5.91. The van der Waals surface area contributed by atoms with Gasteiger partial charge in [-0.25, -0.2) is 4.98 Å². The maximum absolute atomic E-state index is 5.83. The van der Waals surface area contributed by atoms with E-state index < -0.39 is 0 Å². The molecule has 1 aromatic heterocycles. The van der Waals surface area contributed by atoms with Crippen LogP contribution in [-0.4, -0.2) is 37.3 Å². The molecular weight excluding hydrogens is 216 g/mol. The Kier molecular flexibility index (Phi) is 3.38. The van der Waals surface area contributed by atoms with E-state index in [-0.39, 0.29) is 0 Å². The standard InChI is InChI=1S/C12H20N4O/c1-8-6-16(7-9(2)14-8)11-5-4-10(17-3)12(13)15-11/h4-5,8-9,14H,6-7H2,1-3H3,(H2,13,15)/t8-,9+. The van der Waals surface area contributed by atoms with Gasteiger partial charge in [-0.05, 0) is 26.0 Å². The smallest absolute Gasteiger partial charge is 0.168 e. The summed E-state index contributed by atoms with van der Waals surface area (Å²) in [6, 6.07) is 4.75. The van der Waals surface area contributed by atoms with Crippen molar-refractivity contribution in [3.05, 3.63) is 12.1 Å². The second-order valence-electron chi connectivity index (χ2n) is 4.63. The SMILES string of the molecule is COc1ccc(N2C[C@@H](C)N[C@@H](C)C2)nc1N. The summed E-state index contributed by atoms with van der Waals surface area (Å²) in [7, 11) is 1.60. The minimum atomic E-state index is 0.448. The fraction of sp³-hybridized carbons (Fsp3) is 0.583. The third-order valence-electron chi connectivity index (χ3n) is 2.97. The van der Waals surface area contributed by atoms with Gasteiger partial charge in [0.2, 0.25) is 0 Å². The first kappa shape index (κ1) is 12.0. The highest BCUT2D eigenvalue weighted by Gasteiger charge is 2.22. The molecule has 94 valence electrons. The number of rotatable bonds is 2. The Labute approximate surface area is 102 Å². The van der Waals surface area contributed by atoms with Crippen LogP contribution in [0.1, 0.15) is 13.8 Å². The lowest BCUT2D eigenvalue weighted by atomic mass is 10.1. The molecule has 0 saturated carbocycles. The van der Waals surface area contributed by atoms with E-state index in [0.717, 1.165) is 18.9 Å². The number of pyridine rings is 1. The van der Waals surface area contributed by atoms with E-state index >= 15 is 0 Å². The Morgan fingerprint density at radius 3 is 2.53 bits per heavy atom. The largest absolute Gasteiger partial charge is 0.493 e. The number of nitrogen functional groups attached to an aromatic ring is 1. The average molecular weight is 236 g/mol. The van der Waals surface area contributed by atoms with Crippen LogP contribution in [0.4, 0.5) is 11.6 Å². The van der Waals surface area contributed by atoms with Crippen LogP contribution in [0.2, 0.25) is 0 Å². The van der Waals surface area contributed by atoms with Crippen LogP contribution in [0.25, 0.3) is 0 Å². The van der Waals surface area contributed by atoms with Crippen LogP contribution < -0.4 is 20.7 Å². The van der Waals surface area contributed by atoms with E-state index in [1.165, 1.54) is 0 Å². The van der Waals surface area contributed by atoms with Crippen molar-refractivity contribution in [1.29, 1.82) is 0 Å². The van der Waals surface area contributed by atoms with Gasteiger partial charge >= 0.3 is 0 Å². The van der Waals surface area contributed by atoms with Crippen molar-refractivity contribution in [3.63, 3.8) is 0 Å². The van der Waals surface area contributed by atoms with Gasteiger partial charge in [0.1, 0.15) is 5.82 Å². The molecule has 0 bridgehead atoms. The highest BCUT2D eigenvalue weighted by molar-refractivity contribution is 5.54. The summed E-state index contributed by atoms with van der Waals surface area (Å²) in [4.78, 5) is 6.64. The fourth-order valence-electron chi connectivity index (χ4n) is 2.31. The zero-order valence-electron chi connectivity index (χ0n) is 10.6. The summed E-state index contributed by atoms with van der Waals surface area (Å²) < 4.78 is 5.11. The molecule has 17 heavy (non-hydrogen) atoms. The summed E-state index contributed by atoms with van der Waals surface area (Å²) in [5.41, 5.74) is 5.83. The molecule has 1 aromatic rings. The number of hydrogen-bond donors (Lipinski definition) is 2. The Bertz CT molecular complexity index is 386. The lowest BCUT2D eigenvalue weighted by molar-refractivity contribution is 0.403. The van der Waals surface area contributed by atoms with Crippen LogP contribution >= 0.6 is 0 Å². The number of methoxy groups -OCH3 is 1. The van der Waals surface area contributed by atoms with Crippen molar-refractivity contribution in [1.82, 2.24) is 10.3 Å². The molecule has 1 aliphatic heterocycles. The number of nitrogens with zero attached hydrogens (tertiary/aromatic N) is 2. The van der Waals surface area contributed by atoms with Crippen molar-refractivity contribution in [2.24, 2.45) is 0 Å². The van der Waals surface area contributed by atoms with Crippen LogP contribution in [0.5, 0.6) is 5.75 Å². The molecule has 0 amide bonds. The minimum Gasteiger partial charge on any atom is -0.493 e. The predicted octanol–water partition coefficient (Wildman–Crippen LogP) is 0.859. The highest BCUT2D eigenvalue weighted by Crippen LogP contribution is 2.23. The summed E-state index contributed by atoms with van der Waals surface area (Å²) in [5, 5.41) is 3.49. The number of hydrogen-bond acceptors (Lipinski definition) is 5. The first-order chi connectivity index (χ1) is 8.10. The molecule has 5 heteroatoms. The van der Waals surface area contributed by atoms with E-state index in [1.807, 2.05) is 12.1 Å². The van der Waals surface area contributed by atoms with Gasteiger partial charge in [-0.1, -0.05) is 0 Å². The molecule has 1 saturated heterocycles. The van der Waals surface area contributed by atoms with E-state index in [9.17, 15) is 0 Å². The normalized spacial score (nSPS) is 24.8. The lowest BCUT2D eigenvalue weighted by Gasteiger charge is -2.37. The molecule has 5 nitrogen and oxygen atoms in total. The van der Waals surface area contributed by atoms with Crippen LogP contribution in [0.15, 0.2) is 12.1 Å². The van der Waals surface area contributed by atoms with Gasteiger partial charge in [0, 0.05) is 25.2 Å². The van der Waals surface area contributed by atoms with Gasteiger partial charge in [0.05, 0.1) is 7.11 Å². The van der Waals surface area contributed by atoms with E-state index in [1.54, 1.807) is 7.11 Å². The van der Waals surface area contributed by atoms with E-state index in [0.29, 0.717) is 23.7 Å². The van der Waals surface area contributed by atoms with Gasteiger partial charge in [-0.3, -0.25) is 0 Å². The highest BCUT2D eigenvalue weighted by atomic mass is 16.5. The monoisotopic (exact) mass is 236 g/mol. The second kappa shape index (κ2) is 4.79. The van der Waals surface area contributed by atoms with Crippen molar-refractivity contribution >= 4 is 11.6 Å².